The number of halogens is 1. The van der Waals surface area contributed by atoms with Crippen molar-refractivity contribution in [3.8, 4) is 0 Å². The van der Waals surface area contributed by atoms with Gasteiger partial charge < -0.3 is 14.8 Å². The van der Waals surface area contributed by atoms with E-state index in [2.05, 4.69) is 0 Å². The van der Waals surface area contributed by atoms with Crippen LogP contribution in [0.2, 0.25) is 0 Å². The average Bonchev–Trinajstić information content (AvgIpc) is 2.24. The SMILES string of the molecule is CC(C)(C)COC(=O)c1ccc(B(O)O)c(F)c1. The molecule has 0 spiro atoms. The van der Waals surface area contributed by atoms with Gasteiger partial charge in [-0.1, -0.05) is 26.8 Å². The van der Waals surface area contributed by atoms with Crippen LogP contribution in [0.4, 0.5) is 4.39 Å². The molecule has 0 unspecified atom stereocenters. The van der Waals surface area contributed by atoms with E-state index >= 15 is 0 Å². The summed E-state index contributed by atoms with van der Waals surface area (Å²) in [5.74, 6) is -1.49. The predicted octanol–water partition coefficient (Wildman–Crippen LogP) is 0.708. The molecule has 1 rings (SSSR count). The molecular weight excluding hydrogens is 238 g/mol. The van der Waals surface area contributed by atoms with Gasteiger partial charge in [-0.05, 0) is 17.5 Å². The Labute approximate surface area is 106 Å². The van der Waals surface area contributed by atoms with Crippen molar-refractivity contribution in [1.82, 2.24) is 0 Å². The van der Waals surface area contributed by atoms with Crippen LogP contribution in [-0.4, -0.2) is 29.7 Å². The predicted molar refractivity (Wildman–Crippen MR) is 66.0 cm³/mol. The number of esters is 1. The van der Waals surface area contributed by atoms with Gasteiger partial charge in [-0.2, -0.15) is 0 Å². The Kier molecular flexibility index (Phi) is 4.48. The number of rotatable bonds is 3. The summed E-state index contributed by atoms with van der Waals surface area (Å²) in [6.07, 6.45) is 0. The summed E-state index contributed by atoms with van der Waals surface area (Å²) in [5, 5.41) is 17.7. The van der Waals surface area contributed by atoms with E-state index in [0.29, 0.717) is 0 Å². The van der Waals surface area contributed by atoms with E-state index in [-0.39, 0.29) is 23.0 Å². The Morgan fingerprint density at radius 2 is 2.00 bits per heavy atom. The molecular formula is C12H16BFO4. The molecule has 0 aliphatic rings. The second kappa shape index (κ2) is 5.50. The Morgan fingerprint density at radius 1 is 1.39 bits per heavy atom. The third-order valence-electron chi connectivity index (χ3n) is 2.15. The van der Waals surface area contributed by atoms with Crippen molar-refractivity contribution in [2.24, 2.45) is 5.41 Å². The highest BCUT2D eigenvalue weighted by Crippen LogP contribution is 2.14. The Balaban J connectivity index is 2.79. The Morgan fingerprint density at radius 3 is 2.44 bits per heavy atom. The molecule has 0 bridgehead atoms. The summed E-state index contributed by atoms with van der Waals surface area (Å²) in [4.78, 5) is 11.6. The van der Waals surface area contributed by atoms with E-state index in [0.717, 1.165) is 12.1 Å². The molecule has 98 valence electrons. The summed E-state index contributed by atoms with van der Waals surface area (Å²) < 4.78 is 18.4. The number of ether oxygens (including phenoxy) is 1. The van der Waals surface area contributed by atoms with E-state index in [9.17, 15) is 9.18 Å². The zero-order chi connectivity index (χ0) is 13.9. The molecule has 2 N–H and O–H groups in total. The van der Waals surface area contributed by atoms with E-state index in [1.807, 2.05) is 20.8 Å². The van der Waals surface area contributed by atoms with Crippen LogP contribution >= 0.6 is 0 Å². The normalized spacial score (nSPS) is 11.2. The van der Waals surface area contributed by atoms with Crippen molar-refractivity contribution in [3.05, 3.63) is 29.6 Å². The minimum Gasteiger partial charge on any atom is -0.462 e. The lowest BCUT2D eigenvalue weighted by molar-refractivity contribution is 0.0366. The van der Waals surface area contributed by atoms with Crippen LogP contribution in [0.25, 0.3) is 0 Å². The number of benzene rings is 1. The zero-order valence-electron chi connectivity index (χ0n) is 10.6. The fourth-order valence-corrected chi connectivity index (χ4v) is 1.23. The van der Waals surface area contributed by atoms with Gasteiger partial charge in [0.15, 0.2) is 0 Å². The molecule has 0 aliphatic carbocycles. The van der Waals surface area contributed by atoms with Gasteiger partial charge in [-0.15, -0.1) is 0 Å². The maximum absolute atomic E-state index is 13.4. The second-order valence-electron chi connectivity index (χ2n) is 5.25. The molecule has 0 amide bonds. The average molecular weight is 254 g/mol. The standard InChI is InChI=1S/C12H16BFO4/c1-12(2,3)7-18-11(15)8-4-5-9(13(16)17)10(14)6-8/h4-6,16-17H,7H2,1-3H3. The van der Waals surface area contributed by atoms with Crippen molar-refractivity contribution in [1.29, 1.82) is 0 Å². The van der Waals surface area contributed by atoms with Crippen LogP contribution in [0.5, 0.6) is 0 Å². The molecule has 1 aromatic rings. The highest BCUT2D eigenvalue weighted by Gasteiger charge is 2.20. The molecule has 6 heteroatoms. The molecule has 0 saturated heterocycles. The lowest BCUT2D eigenvalue weighted by Crippen LogP contribution is -2.33. The molecule has 0 aromatic heterocycles. The summed E-state index contributed by atoms with van der Waals surface area (Å²) in [5.41, 5.74) is -0.404. The van der Waals surface area contributed by atoms with Crippen LogP contribution in [-0.2, 0) is 4.74 Å². The van der Waals surface area contributed by atoms with Gasteiger partial charge in [-0.3, -0.25) is 0 Å². The quantitative estimate of drug-likeness (QED) is 0.615. The lowest BCUT2D eigenvalue weighted by Gasteiger charge is -2.17. The van der Waals surface area contributed by atoms with Crippen LogP contribution in [0.3, 0.4) is 0 Å². The molecule has 4 nitrogen and oxygen atoms in total. The summed E-state index contributed by atoms with van der Waals surface area (Å²) in [7, 11) is -1.90. The van der Waals surface area contributed by atoms with Crippen LogP contribution < -0.4 is 5.46 Å². The van der Waals surface area contributed by atoms with Crippen molar-refractivity contribution in [2.75, 3.05) is 6.61 Å². The van der Waals surface area contributed by atoms with Crippen molar-refractivity contribution >= 4 is 18.6 Å². The first-order valence-corrected chi connectivity index (χ1v) is 5.53. The number of carbonyl (C=O) groups excluding carboxylic acids is 1. The number of hydrogen-bond acceptors (Lipinski definition) is 4. The van der Waals surface area contributed by atoms with Crippen LogP contribution in [0.1, 0.15) is 31.1 Å². The van der Waals surface area contributed by atoms with Gasteiger partial charge in [-0.25, -0.2) is 9.18 Å². The summed E-state index contributed by atoms with van der Waals surface area (Å²) in [6, 6.07) is 3.37. The van der Waals surface area contributed by atoms with Crippen molar-refractivity contribution < 1.29 is 24.0 Å². The van der Waals surface area contributed by atoms with Gasteiger partial charge in [0.1, 0.15) is 5.82 Å². The van der Waals surface area contributed by atoms with Gasteiger partial charge in [0.2, 0.25) is 0 Å². The van der Waals surface area contributed by atoms with E-state index in [4.69, 9.17) is 14.8 Å². The fraction of sp³-hybridized carbons (Fsp3) is 0.417. The molecule has 0 atom stereocenters. The summed E-state index contributed by atoms with van der Waals surface area (Å²) >= 11 is 0. The fourth-order valence-electron chi connectivity index (χ4n) is 1.23. The van der Waals surface area contributed by atoms with Crippen molar-refractivity contribution in [3.63, 3.8) is 0 Å². The second-order valence-corrected chi connectivity index (χ2v) is 5.25. The highest BCUT2D eigenvalue weighted by atomic mass is 19.1. The topological polar surface area (TPSA) is 66.8 Å². The van der Waals surface area contributed by atoms with Crippen molar-refractivity contribution in [2.45, 2.75) is 20.8 Å². The molecule has 0 fully saturated rings. The molecule has 1 aromatic carbocycles. The van der Waals surface area contributed by atoms with Gasteiger partial charge in [0, 0.05) is 5.46 Å². The maximum Gasteiger partial charge on any atom is 0.491 e. The van der Waals surface area contributed by atoms with Gasteiger partial charge in [0.25, 0.3) is 0 Å². The highest BCUT2D eigenvalue weighted by molar-refractivity contribution is 6.58. The van der Waals surface area contributed by atoms with E-state index in [1.54, 1.807) is 0 Å². The first-order chi connectivity index (χ1) is 8.20. The van der Waals surface area contributed by atoms with Crippen LogP contribution in [0.15, 0.2) is 18.2 Å². The van der Waals surface area contributed by atoms with E-state index < -0.39 is 18.9 Å². The third-order valence-corrected chi connectivity index (χ3v) is 2.15. The molecule has 0 heterocycles. The minimum absolute atomic E-state index is 0.0427. The maximum atomic E-state index is 13.4. The molecule has 0 radical (unpaired) electrons. The zero-order valence-corrected chi connectivity index (χ0v) is 10.6. The Hall–Kier alpha value is -1.40. The number of hydrogen-bond donors (Lipinski definition) is 2. The molecule has 0 saturated carbocycles. The summed E-state index contributed by atoms with van der Waals surface area (Å²) in [6.45, 7) is 5.95. The molecule has 18 heavy (non-hydrogen) atoms. The minimum atomic E-state index is -1.90. The van der Waals surface area contributed by atoms with Crippen LogP contribution in [0, 0.1) is 11.2 Å². The third kappa shape index (κ3) is 4.12. The monoisotopic (exact) mass is 254 g/mol. The smallest absolute Gasteiger partial charge is 0.462 e. The first kappa shape index (κ1) is 14.7. The van der Waals surface area contributed by atoms with Gasteiger partial charge in [0.05, 0.1) is 12.2 Å². The Bertz CT molecular complexity index is 440. The lowest BCUT2D eigenvalue weighted by atomic mass is 9.79. The van der Waals surface area contributed by atoms with Gasteiger partial charge >= 0.3 is 13.1 Å². The molecule has 0 aliphatic heterocycles. The largest absolute Gasteiger partial charge is 0.491 e. The van der Waals surface area contributed by atoms with E-state index in [1.165, 1.54) is 6.07 Å². The number of carbonyl (C=O) groups is 1. The first-order valence-electron chi connectivity index (χ1n) is 5.53.